The first-order chi connectivity index (χ1) is 10.3. The van der Waals surface area contributed by atoms with Crippen molar-refractivity contribution < 1.29 is 19.4 Å². The number of nitrogens with zero attached hydrogens (tertiary/aromatic N) is 2. The van der Waals surface area contributed by atoms with Crippen LogP contribution in [-0.4, -0.2) is 50.8 Å². The first-order valence-corrected chi connectivity index (χ1v) is 7.02. The summed E-state index contributed by atoms with van der Waals surface area (Å²) in [5.41, 5.74) is 11.2. The zero-order valence-corrected chi connectivity index (χ0v) is 14.2. The van der Waals surface area contributed by atoms with Crippen LogP contribution in [0.25, 0.3) is 0 Å². The van der Waals surface area contributed by atoms with Crippen LogP contribution in [0.3, 0.4) is 0 Å². The molecule has 0 fully saturated rings. The largest absolute Gasteiger partial charge is 0.493 e. The van der Waals surface area contributed by atoms with Gasteiger partial charge in [0, 0.05) is 24.8 Å². The maximum atomic E-state index is 11.6. The number of likely N-dealkylation sites (N-methyl/N-ethyl adjacent to an activating group) is 1. The maximum absolute atomic E-state index is 11.6. The third kappa shape index (κ3) is 5.24. The van der Waals surface area contributed by atoms with Crippen molar-refractivity contribution in [2.75, 3.05) is 27.8 Å². The third-order valence-electron chi connectivity index (χ3n) is 2.52. The van der Waals surface area contributed by atoms with E-state index in [1.807, 2.05) is 0 Å². The average molecular weight is 373 g/mol. The zero-order chi connectivity index (χ0) is 16.7. The van der Waals surface area contributed by atoms with Gasteiger partial charge in [-0.05, 0) is 28.1 Å². The van der Waals surface area contributed by atoms with Crippen molar-refractivity contribution in [2.24, 2.45) is 16.6 Å². The van der Waals surface area contributed by atoms with Gasteiger partial charge in [0.15, 0.2) is 18.1 Å². The molecule has 0 saturated heterocycles. The molecule has 1 aromatic carbocycles. The number of halogens is 1. The summed E-state index contributed by atoms with van der Waals surface area (Å²) in [5, 5.41) is 6.23. The number of benzene rings is 1. The summed E-state index contributed by atoms with van der Waals surface area (Å²) >= 11 is 3.38. The molecule has 0 heterocycles. The Balaban J connectivity index is 2.98. The Kier molecular flexibility index (Phi) is 6.64. The molecule has 0 aliphatic carbocycles. The molecular weight excluding hydrogens is 354 g/mol. The van der Waals surface area contributed by atoms with Gasteiger partial charge in [0.05, 0.1) is 11.6 Å². The number of rotatable bonds is 6. The van der Waals surface area contributed by atoms with Crippen LogP contribution in [0.15, 0.2) is 21.7 Å². The lowest BCUT2D eigenvalue weighted by atomic mass is 10.2. The molecule has 0 radical (unpaired) electrons. The summed E-state index contributed by atoms with van der Waals surface area (Å²) in [7, 11) is 4.83. The fourth-order valence-corrected chi connectivity index (χ4v) is 1.98. The Morgan fingerprint density at radius 1 is 1.45 bits per heavy atom. The number of carbonyl (C=O) groups excluding carboxylic acids is 1. The number of hydrogen-bond donors (Lipinski definition) is 3. The molecule has 22 heavy (non-hydrogen) atoms. The standard InChI is InChI=1S/C13H18BrN5O3/c1-19(2)11(20)7-22-12-9(14)4-8(5-10(12)21-3)6-17-18-13(15)16/h4-6H,7H2,1-3H3,(H4,15,16,18)/p+1/b17-6-. The molecule has 0 saturated carbocycles. The highest BCUT2D eigenvalue weighted by molar-refractivity contribution is 9.10. The van der Waals surface area contributed by atoms with E-state index in [9.17, 15) is 4.79 Å². The van der Waals surface area contributed by atoms with E-state index < -0.39 is 0 Å². The molecule has 8 nitrogen and oxygen atoms in total. The maximum Gasteiger partial charge on any atom is 0.259 e. The van der Waals surface area contributed by atoms with Crippen LogP contribution in [0.1, 0.15) is 5.56 Å². The number of carbonyl (C=O) groups is 1. The van der Waals surface area contributed by atoms with Gasteiger partial charge in [0.1, 0.15) is 0 Å². The molecule has 0 aliphatic rings. The van der Waals surface area contributed by atoms with Crippen LogP contribution >= 0.6 is 15.9 Å². The van der Waals surface area contributed by atoms with E-state index in [2.05, 4.69) is 26.1 Å². The lowest BCUT2D eigenvalue weighted by molar-refractivity contribution is -0.456. The third-order valence-corrected chi connectivity index (χ3v) is 3.10. The van der Waals surface area contributed by atoms with Gasteiger partial charge in [0.25, 0.3) is 11.9 Å². The first kappa shape index (κ1) is 17.8. The Morgan fingerprint density at radius 2 is 2.14 bits per heavy atom. The van der Waals surface area contributed by atoms with Crippen LogP contribution in [0, 0.1) is 0 Å². The van der Waals surface area contributed by atoms with Crippen LogP contribution in [0.4, 0.5) is 0 Å². The minimum atomic E-state index is -0.154. The molecule has 0 atom stereocenters. The highest BCUT2D eigenvalue weighted by atomic mass is 79.9. The molecule has 1 aromatic rings. The van der Waals surface area contributed by atoms with Crippen molar-refractivity contribution in [3.05, 3.63) is 22.2 Å². The minimum Gasteiger partial charge on any atom is -0.493 e. The lowest BCUT2D eigenvalue weighted by Gasteiger charge is -2.15. The molecule has 0 spiro atoms. The second kappa shape index (κ2) is 8.23. The molecule has 1 rings (SSSR count). The SMILES string of the molecule is COc1cc(/C=[NH+]\N=C(N)N)cc(Br)c1OCC(=O)N(C)C. The predicted molar refractivity (Wildman–Crippen MR) is 86.8 cm³/mol. The topological polar surface area (TPSA) is 117 Å². The van der Waals surface area contributed by atoms with Gasteiger partial charge in [-0.25, -0.2) is 0 Å². The van der Waals surface area contributed by atoms with Crippen molar-refractivity contribution >= 4 is 34.0 Å². The fraction of sp³-hybridized carbons (Fsp3) is 0.308. The summed E-state index contributed by atoms with van der Waals surface area (Å²) in [4.78, 5) is 13.0. The van der Waals surface area contributed by atoms with Crippen LogP contribution < -0.4 is 26.0 Å². The number of methoxy groups -OCH3 is 1. The Labute approximate surface area is 136 Å². The summed E-state index contributed by atoms with van der Waals surface area (Å²) in [5.74, 6) is 0.679. The van der Waals surface area contributed by atoms with E-state index in [4.69, 9.17) is 20.9 Å². The van der Waals surface area contributed by atoms with Gasteiger partial charge in [-0.2, -0.15) is 0 Å². The average Bonchev–Trinajstić information content (AvgIpc) is 2.44. The first-order valence-electron chi connectivity index (χ1n) is 6.23. The van der Waals surface area contributed by atoms with Gasteiger partial charge in [0.2, 0.25) is 6.21 Å². The molecule has 0 unspecified atom stereocenters. The number of nitrogens with one attached hydrogen (secondary N) is 1. The van der Waals surface area contributed by atoms with Crippen LogP contribution in [0.5, 0.6) is 11.5 Å². The van der Waals surface area contributed by atoms with Crippen molar-refractivity contribution in [3.8, 4) is 11.5 Å². The molecule has 0 aromatic heterocycles. The Morgan fingerprint density at radius 3 is 2.68 bits per heavy atom. The number of amides is 1. The van der Waals surface area contributed by atoms with E-state index in [0.29, 0.717) is 16.0 Å². The van der Waals surface area contributed by atoms with Gasteiger partial charge < -0.3 is 25.8 Å². The minimum absolute atomic E-state index is 0.0792. The molecule has 0 bridgehead atoms. The quantitative estimate of drug-likeness (QED) is 0.323. The number of hydrogen-bond acceptors (Lipinski definition) is 4. The second-order valence-corrected chi connectivity index (χ2v) is 5.28. The monoisotopic (exact) mass is 372 g/mol. The van der Waals surface area contributed by atoms with E-state index in [0.717, 1.165) is 5.56 Å². The summed E-state index contributed by atoms with van der Waals surface area (Å²) in [6.45, 7) is -0.0860. The molecule has 5 N–H and O–H groups in total. The van der Waals surface area contributed by atoms with Crippen molar-refractivity contribution in [3.63, 3.8) is 0 Å². The Bertz CT molecular complexity index is 598. The van der Waals surface area contributed by atoms with Gasteiger partial charge in [-0.3, -0.25) is 4.79 Å². The fourth-order valence-electron chi connectivity index (χ4n) is 1.41. The van der Waals surface area contributed by atoms with Crippen LogP contribution in [0.2, 0.25) is 0 Å². The van der Waals surface area contributed by atoms with Crippen molar-refractivity contribution in [2.45, 2.75) is 0 Å². The molecule has 9 heteroatoms. The highest BCUT2D eigenvalue weighted by Gasteiger charge is 2.14. The normalized spacial score (nSPS) is 10.4. The predicted octanol–water partition coefficient (Wildman–Crippen LogP) is -1.39. The lowest BCUT2D eigenvalue weighted by Crippen LogP contribution is -2.63. The van der Waals surface area contributed by atoms with E-state index >= 15 is 0 Å². The zero-order valence-electron chi connectivity index (χ0n) is 12.6. The number of guanidine groups is 1. The van der Waals surface area contributed by atoms with Crippen molar-refractivity contribution in [1.29, 1.82) is 0 Å². The van der Waals surface area contributed by atoms with Crippen LogP contribution in [-0.2, 0) is 4.79 Å². The number of hydrazone groups is 1. The smallest absolute Gasteiger partial charge is 0.259 e. The Hall–Kier alpha value is -2.29. The molecule has 120 valence electrons. The van der Waals surface area contributed by atoms with Gasteiger partial charge in [-0.15, -0.1) is 5.10 Å². The molecule has 0 aliphatic heterocycles. The second-order valence-electron chi connectivity index (χ2n) is 4.42. The van der Waals surface area contributed by atoms with E-state index in [1.165, 1.54) is 12.0 Å². The highest BCUT2D eigenvalue weighted by Crippen LogP contribution is 2.36. The summed E-state index contributed by atoms with van der Waals surface area (Å²) in [6, 6.07) is 3.49. The van der Waals surface area contributed by atoms with E-state index in [-0.39, 0.29) is 18.5 Å². The molecular formula is C13H19BrN5O3+. The van der Waals surface area contributed by atoms with Crippen molar-refractivity contribution in [1.82, 2.24) is 4.90 Å². The molecule has 1 amide bonds. The van der Waals surface area contributed by atoms with Gasteiger partial charge >= 0.3 is 0 Å². The number of nitrogens with two attached hydrogens (primary N) is 2. The summed E-state index contributed by atoms with van der Waals surface area (Å²) in [6.07, 6.45) is 1.59. The van der Waals surface area contributed by atoms with Gasteiger partial charge in [-0.1, -0.05) is 0 Å². The number of ether oxygens (including phenoxy) is 2. The summed E-state index contributed by atoms with van der Waals surface area (Å²) < 4.78 is 11.4. The van der Waals surface area contributed by atoms with E-state index in [1.54, 1.807) is 32.4 Å².